The van der Waals surface area contributed by atoms with Crippen molar-refractivity contribution in [2.24, 2.45) is 14.1 Å². The highest BCUT2D eigenvalue weighted by atomic mass is 16.2. The van der Waals surface area contributed by atoms with Gasteiger partial charge in [-0.25, -0.2) is 9.78 Å². The van der Waals surface area contributed by atoms with Crippen molar-refractivity contribution in [1.29, 1.82) is 0 Å². The molecule has 2 aromatic heterocycles. The van der Waals surface area contributed by atoms with Crippen LogP contribution in [0.2, 0.25) is 0 Å². The van der Waals surface area contributed by atoms with Gasteiger partial charge in [-0.1, -0.05) is 0 Å². The maximum Gasteiger partial charge on any atom is 0.332 e. The number of hydrogen-bond acceptors (Lipinski definition) is 4. The number of hydrogen-bond donors (Lipinski definition) is 1. The molecule has 0 aliphatic heterocycles. The Morgan fingerprint density at radius 2 is 2.00 bits per heavy atom. The Morgan fingerprint density at radius 3 is 2.65 bits per heavy atom. The van der Waals surface area contributed by atoms with Crippen molar-refractivity contribution in [3.8, 4) is 0 Å². The minimum Gasteiger partial charge on any atom is -0.354 e. The van der Waals surface area contributed by atoms with E-state index in [1.165, 1.54) is 22.4 Å². The molecule has 0 spiro atoms. The van der Waals surface area contributed by atoms with E-state index in [0.717, 1.165) is 12.8 Å². The van der Waals surface area contributed by atoms with Crippen LogP contribution in [-0.2, 0) is 25.4 Å². The summed E-state index contributed by atoms with van der Waals surface area (Å²) in [6.07, 6.45) is 3.86. The van der Waals surface area contributed by atoms with E-state index in [2.05, 4.69) is 10.3 Å². The molecule has 0 fully saturated rings. The highest BCUT2D eigenvalue weighted by molar-refractivity contribution is 5.73. The van der Waals surface area contributed by atoms with Gasteiger partial charge in [0.2, 0.25) is 5.91 Å². The van der Waals surface area contributed by atoms with E-state index >= 15 is 0 Å². The van der Waals surface area contributed by atoms with Crippen molar-refractivity contribution in [3.05, 3.63) is 27.2 Å². The molecule has 8 heteroatoms. The third kappa shape index (κ3) is 3.52. The van der Waals surface area contributed by atoms with Gasteiger partial charge in [0.1, 0.15) is 0 Å². The first-order valence-electron chi connectivity index (χ1n) is 7.71. The number of rotatable bonds is 6. The summed E-state index contributed by atoms with van der Waals surface area (Å²) in [7, 11) is 3.35. The van der Waals surface area contributed by atoms with Crippen LogP contribution >= 0.6 is 0 Å². The number of carbonyl (C=O) groups is 1. The molecule has 1 unspecified atom stereocenters. The number of amides is 1. The van der Waals surface area contributed by atoms with Crippen LogP contribution in [0.15, 0.2) is 15.9 Å². The molecule has 0 aliphatic rings. The Morgan fingerprint density at radius 1 is 1.30 bits per heavy atom. The Hall–Kier alpha value is -2.38. The smallest absolute Gasteiger partial charge is 0.332 e. The predicted molar refractivity (Wildman–Crippen MR) is 87.3 cm³/mol. The summed E-state index contributed by atoms with van der Waals surface area (Å²) in [6.45, 7) is 3.79. The van der Waals surface area contributed by atoms with Crippen molar-refractivity contribution < 1.29 is 4.79 Å². The Balaban J connectivity index is 2.12. The molecule has 8 nitrogen and oxygen atoms in total. The average molecular weight is 321 g/mol. The number of carbonyl (C=O) groups excluding carboxylic acids is 1. The number of aromatic nitrogens is 4. The van der Waals surface area contributed by atoms with Crippen LogP contribution in [0.25, 0.3) is 11.2 Å². The molecule has 2 rings (SSSR count). The monoisotopic (exact) mass is 321 g/mol. The van der Waals surface area contributed by atoms with Gasteiger partial charge >= 0.3 is 5.69 Å². The molecule has 1 N–H and O–H groups in total. The molecule has 0 saturated heterocycles. The largest absolute Gasteiger partial charge is 0.354 e. The summed E-state index contributed by atoms with van der Waals surface area (Å²) < 4.78 is 4.29. The van der Waals surface area contributed by atoms with Crippen LogP contribution in [0, 0.1) is 0 Å². The van der Waals surface area contributed by atoms with Gasteiger partial charge in [0.25, 0.3) is 5.56 Å². The van der Waals surface area contributed by atoms with Crippen LogP contribution < -0.4 is 16.6 Å². The number of fused-ring (bicyclic) bond motifs is 1. The molecule has 2 heterocycles. The predicted octanol–water partition coefficient (Wildman–Crippen LogP) is 0.129. The molecule has 0 aliphatic carbocycles. The molecule has 1 amide bonds. The zero-order chi connectivity index (χ0) is 17.1. The molecule has 0 saturated carbocycles. The van der Waals surface area contributed by atoms with Gasteiger partial charge < -0.3 is 9.88 Å². The van der Waals surface area contributed by atoms with E-state index in [-0.39, 0.29) is 23.2 Å². The molecule has 126 valence electrons. The fourth-order valence-electron chi connectivity index (χ4n) is 2.73. The van der Waals surface area contributed by atoms with E-state index < -0.39 is 0 Å². The summed E-state index contributed by atoms with van der Waals surface area (Å²) in [5.41, 5.74) is 0.172. The quantitative estimate of drug-likeness (QED) is 0.766. The molecule has 0 radical (unpaired) electrons. The molecular weight excluding hydrogens is 298 g/mol. The Labute approximate surface area is 133 Å². The van der Waals surface area contributed by atoms with E-state index in [0.29, 0.717) is 24.1 Å². The second kappa shape index (κ2) is 6.80. The SMILES string of the molecule is CC(=O)NC(C)CCCCn1c(=O)c2c(ncn2C)n(C)c1=O. The first-order valence-corrected chi connectivity index (χ1v) is 7.71. The first-order chi connectivity index (χ1) is 10.8. The van der Waals surface area contributed by atoms with E-state index in [4.69, 9.17) is 0 Å². The molecule has 0 aromatic carbocycles. The summed E-state index contributed by atoms with van der Waals surface area (Å²) in [4.78, 5) is 39.9. The molecule has 0 bridgehead atoms. The van der Waals surface area contributed by atoms with E-state index in [1.807, 2.05) is 6.92 Å². The lowest BCUT2D eigenvalue weighted by Crippen LogP contribution is -2.39. The van der Waals surface area contributed by atoms with Crippen molar-refractivity contribution in [2.75, 3.05) is 0 Å². The zero-order valence-electron chi connectivity index (χ0n) is 14.0. The molecular formula is C15H23N5O3. The number of aryl methyl sites for hydroxylation is 2. The lowest BCUT2D eigenvalue weighted by Gasteiger charge is -2.12. The fraction of sp³-hybridized carbons (Fsp3) is 0.600. The maximum atomic E-state index is 12.5. The van der Waals surface area contributed by atoms with Crippen molar-refractivity contribution in [1.82, 2.24) is 24.0 Å². The van der Waals surface area contributed by atoms with Crippen molar-refractivity contribution in [3.63, 3.8) is 0 Å². The van der Waals surface area contributed by atoms with Gasteiger partial charge in [0, 0.05) is 33.6 Å². The van der Waals surface area contributed by atoms with Gasteiger partial charge in [-0.3, -0.25) is 18.7 Å². The average Bonchev–Trinajstić information content (AvgIpc) is 2.85. The minimum atomic E-state index is -0.351. The summed E-state index contributed by atoms with van der Waals surface area (Å²) >= 11 is 0. The lowest BCUT2D eigenvalue weighted by atomic mass is 10.1. The van der Waals surface area contributed by atoms with Gasteiger partial charge in [0.15, 0.2) is 11.2 Å². The lowest BCUT2D eigenvalue weighted by molar-refractivity contribution is -0.119. The van der Waals surface area contributed by atoms with Gasteiger partial charge in [-0.15, -0.1) is 0 Å². The highest BCUT2D eigenvalue weighted by Gasteiger charge is 2.14. The standard InChI is InChI=1S/C15H23N5O3/c1-10(17-11(2)21)7-5-6-8-20-14(22)12-13(16-9-18(12)3)19(4)15(20)23/h9-10H,5-8H2,1-4H3,(H,17,21). The molecule has 1 atom stereocenters. The van der Waals surface area contributed by atoms with Crippen LogP contribution in [-0.4, -0.2) is 30.6 Å². The second-order valence-corrected chi connectivity index (χ2v) is 5.92. The number of nitrogens with zero attached hydrogens (tertiary/aromatic N) is 4. The summed E-state index contributed by atoms with van der Waals surface area (Å²) in [5, 5.41) is 2.82. The number of imidazole rings is 1. The van der Waals surface area contributed by atoms with Gasteiger partial charge in [-0.2, -0.15) is 0 Å². The number of nitrogens with one attached hydrogen (secondary N) is 1. The third-order valence-corrected chi connectivity index (χ3v) is 3.92. The van der Waals surface area contributed by atoms with E-state index in [9.17, 15) is 14.4 Å². The van der Waals surface area contributed by atoms with Crippen LogP contribution in [0.1, 0.15) is 33.1 Å². The normalized spacial score (nSPS) is 12.5. The highest BCUT2D eigenvalue weighted by Crippen LogP contribution is 2.05. The van der Waals surface area contributed by atoms with E-state index in [1.54, 1.807) is 18.7 Å². The Kier molecular flexibility index (Phi) is 5.02. The van der Waals surface area contributed by atoms with Gasteiger partial charge in [-0.05, 0) is 26.2 Å². The molecule has 2 aromatic rings. The Bertz CT molecular complexity index is 830. The second-order valence-electron chi connectivity index (χ2n) is 5.92. The van der Waals surface area contributed by atoms with Crippen molar-refractivity contribution in [2.45, 2.75) is 45.7 Å². The fourth-order valence-corrected chi connectivity index (χ4v) is 2.73. The topological polar surface area (TPSA) is 90.9 Å². The third-order valence-electron chi connectivity index (χ3n) is 3.92. The van der Waals surface area contributed by atoms with Crippen molar-refractivity contribution >= 4 is 17.1 Å². The summed E-state index contributed by atoms with van der Waals surface area (Å²) in [6, 6.07) is 0.0895. The minimum absolute atomic E-state index is 0.0516. The van der Waals surface area contributed by atoms with Crippen LogP contribution in [0.4, 0.5) is 0 Å². The van der Waals surface area contributed by atoms with Crippen LogP contribution in [0.3, 0.4) is 0 Å². The zero-order valence-corrected chi connectivity index (χ0v) is 14.0. The number of unbranched alkanes of at least 4 members (excludes halogenated alkanes) is 1. The maximum absolute atomic E-state index is 12.5. The summed E-state index contributed by atoms with van der Waals surface area (Å²) in [5.74, 6) is -0.0516. The van der Waals surface area contributed by atoms with Gasteiger partial charge in [0.05, 0.1) is 6.33 Å². The van der Waals surface area contributed by atoms with Crippen LogP contribution in [0.5, 0.6) is 0 Å². The molecule has 23 heavy (non-hydrogen) atoms. The first kappa shape index (κ1) is 17.0.